The van der Waals surface area contributed by atoms with Gasteiger partial charge in [0, 0.05) is 11.1 Å². The highest BCUT2D eigenvalue weighted by Crippen LogP contribution is 2.60. The Morgan fingerprint density at radius 3 is 2.26 bits per heavy atom. The topological polar surface area (TPSA) is 64.6 Å². The zero-order valence-corrected chi connectivity index (χ0v) is 19.8. The lowest BCUT2D eigenvalue weighted by molar-refractivity contribution is -0.138. The van der Waals surface area contributed by atoms with Crippen molar-refractivity contribution in [3.05, 3.63) is 60.2 Å². The van der Waals surface area contributed by atoms with E-state index in [1.807, 2.05) is 55.5 Å². The third-order valence-corrected chi connectivity index (χ3v) is 7.67. The van der Waals surface area contributed by atoms with Gasteiger partial charge in [0.1, 0.15) is 0 Å². The van der Waals surface area contributed by atoms with Gasteiger partial charge < -0.3 is 14.8 Å². The smallest absolute Gasteiger partial charge is 0.262 e. The molecule has 0 radical (unpaired) electrons. The fourth-order valence-electron chi connectivity index (χ4n) is 6.64. The number of para-hydroxylation sites is 1. The van der Waals surface area contributed by atoms with Gasteiger partial charge in [-0.25, -0.2) is 0 Å². The number of amides is 1. The molecule has 0 saturated heterocycles. The maximum atomic E-state index is 13.3. The molecule has 6 rings (SSSR count). The monoisotopic (exact) mass is 459 g/mol. The van der Waals surface area contributed by atoms with Crippen LogP contribution in [0.5, 0.6) is 11.5 Å². The highest BCUT2D eigenvalue weighted by atomic mass is 16.5. The quantitative estimate of drug-likeness (QED) is 0.474. The summed E-state index contributed by atoms with van der Waals surface area (Å²) < 4.78 is 11.5. The number of hydrogen-bond donors (Lipinski definition) is 1. The van der Waals surface area contributed by atoms with Gasteiger partial charge in [0.05, 0.1) is 6.61 Å². The van der Waals surface area contributed by atoms with Crippen LogP contribution in [0.2, 0.25) is 0 Å². The summed E-state index contributed by atoms with van der Waals surface area (Å²) in [7, 11) is 0. The molecule has 1 amide bonds. The van der Waals surface area contributed by atoms with Crippen molar-refractivity contribution >= 4 is 23.5 Å². The zero-order chi connectivity index (χ0) is 23.5. The van der Waals surface area contributed by atoms with Crippen LogP contribution in [-0.2, 0) is 9.59 Å². The molecular weight excluding hydrogens is 426 g/mol. The number of ether oxygens (including phenoxy) is 2. The van der Waals surface area contributed by atoms with Gasteiger partial charge in [-0.05, 0) is 99.1 Å². The summed E-state index contributed by atoms with van der Waals surface area (Å²) in [6, 6.07) is 14.9. The lowest BCUT2D eigenvalue weighted by Gasteiger charge is -2.55. The van der Waals surface area contributed by atoms with Crippen molar-refractivity contribution in [2.24, 2.45) is 23.2 Å². The summed E-state index contributed by atoms with van der Waals surface area (Å²) in [5.41, 5.74) is 1.50. The fraction of sp³-hybridized carbons (Fsp3) is 0.448. The van der Waals surface area contributed by atoms with Crippen LogP contribution in [0.4, 0.5) is 5.69 Å². The minimum Gasteiger partial charge on any atom is -0.490 e. The molecule has 0 aliphatic heterocycles. The predicted octanol–water partition coefficient (Wildman–Crippen LogP) is 5.90. The summed E-state index contributed by atoms with van der Waals surface area (Å²) in [5.74, 6) is 3.39. The van der Waals surface area contributed by atoms with Crippen LogP contribution in [0.15, 0.2) is 54.6 Å². The van der Waals surface area contributed by atoms with Gasteiger partial charge in [0.25, 0.3) is 5.91 Å². The van der Waals surface area contributed by atoms with E-state index in [4.69, 9.17) is 9.47 Å². The Bertz CT molecular complexity index is 1040. The fourth-order valence-corrected chi connectivity index (χ4v) is 6.64. The SMILES string of the molecule is CCOc1cc(/C=C/C(=O)C23CC4CC(CC(C4)C2)C3)ccc1OCC(=O)Nc1ccccc1. The number of carbonyl (C=O) groups excluding carboxylic acids is 2. The molecule has 0 aromatic heterocycles. The van der Waals surface area contributed by atoms with Crippen LogP contribution < -0.4 is 14.8 Å². The molecule has 2 aromatic rings. The normalized spacial score (nSPS) is 27.0. The Morgan fingerprint density at radius 1 is 0.941 bits per heavy atom. The number of hydrogen-bond acceptors (Lipinski definition) is 4. The van der Waals surface area contributed by atoms with Gasteiger partial charge in [-0.15, -0.1) is 0 Å². The van der Waals surface area contributed by atoms with E-state index in [1.54, 1.807) is 12.1 Å². The van der Waals surface area contributed by atoms with Crippen molar-refractivity contribution in [2.45, 2.75) is 45.4 Å². The molecule has 0 spiro atoms. The molecule has 4 aliphatic carbocycles. The van der Waals surface area contributed by atoms with Gasteiger partial charge in [0.15, 0.2) is 23.9 Å². The molecule has 2 aromatic carbocycles. The van der Waals surface area contributed by atoms with Gasteiger partial charge in [-0.3, -0.25) is 9.59 Å². The average molecular weight is 460 g/mol. The maximum absolute atomic E-state index is 13.3. The number of ketones is 1. The van der Waals surface area contributed by atoms with Crippen LogP contribution in [0.25, 0.3) is 6.08 Å². The van der Waals surface area contributed by atoms with Crippen molar-refractivity contribution in [3.8, 4) is 11.5 Å². The molecular formula is C29H33NO4. The first kappa shape index (κ1) is 22.7. The van der Waals surface area contributed by atoms with Crippen molar-refractivity contribution in [1.29, 1.82) is 0 Å². The molecule has 34 heavy (non-hydrogen) atoms. The van der Waals surface area contributed by atoms with E-state index in [-0.39, 0.29) is 17.9 Å². The lowest BCUT2D eigenvalue weighted by atomic mass is 9.48. The summed E-state index contributed by atoms with van der Waals surface area (Å²) in [6.07, 6.45) is 10.9. The number of benzene rings is 2. The summed E-state index contributed by atoms with van der Waals surface area (Å²) >= 11 is 0. The molecule has 4 fully saturated rings. The predicted molar refractivity (Wildman–Crippen MR) is 133 cm³/mol. The Hall–Kier alpha value is -3.08. The van der Waals surface area contributed by atoms with E-state index >= 15 is 0 Å². The van der Waals surface area contributed by atoms with Crippen LogP contribution >= 0.6 is 0 Å². The van der Waals surface area contributed by atoms with Crippen molar-refractivity contribution in [2.75, 3.05) is 18.5 Å². The molecule has 5 heteroatoms. The Labute approximate surface area is 201 Å². The van der Waals surface area contributed by atoms with Crippen LogP contribution in [-0.4, -0.2) is 24.9 Å². The standard InChI is InChI=1S/C29H33NO4/c1-2-33-26-15-20(8-10-25(26)34-19-28(32)30-24-6-4-3-5-7-24)9-11-27(31)29-16-21-12-22(17-29)14-23(13-21)18-29/h3-11,15,21-23H,2,12-14,16-19H2,1H3,(H,30,32)/b11-9+. The molecule has 0 heterocycles. The number of allylic oxidation sites excluding steroid dienone is 1. The Balaban J connectivity index is 1.23. The first-order valence-corrected chi connectivity index (χ1v) is 12.5. The minimum atomic E-state index is -0.237. The van der Waals surface area contributed by atoms with E-state index < -0.39 is 0 Å². The number of nitrogens with one attached hydrogen (secondary N) is 1. The second-order valence-electron chi connectivity index (χ2n) is 10.2. The largest absolute Gasteiger partial charge is 0.490 e. The third-order valence-electron chi connectivity index (χ3n) is 7.67. The molecule has 5 nitrogen and oxygen atoms in total. The van der Waals surface area contributed by atoms with Gasteiger partial charge in [0.2, 0.25) is 0 Å². The second-order valence-corrected chi connectivity index (χ2v) is 10.2. The first-order valence-electron chi connectivity index (χ1n) is 12.5. The van der Waals surface area contributed by atoms with E-state index in [0.717, 1.165) is 48.3 Å². The molecule has 0 atom stereocenters. The summed E-state index contributed by atoms with van der Waals surface area (Å²) in [4.78, 5) is 25.5. The second kappa shape index (κ2) is 9.65. The summed E-state index contributed by atoms with van der Waals surface area (Å²) in [6.45, 7) is 2.27. The summed E-state index contributed by atoms with van der Waals surface area (Å²) in [5, 5.41) is 2.81. The van der Waals surface area contributed by atoms with Crippen LogP contribution in [0, 0.1) is 23.2 Å². The zero-order valence-electron chi connectivity index (χ0n) is 19.8. The number of rotatable bonds is 9. The highest BCUT2D eigenvalue weighted by Gasteiger charge is 2.53. The Kier molecular flexibility index (Phi) is 6.44. The van der Waals surface area contributed by atoms with Crippen molar-refractivity contribution in [1.82, 2.24) is 0 Å². The average Bonchev–Trinajstić information content (AvgIpc) is 2.82. The van der Waals surface area contributed by atoms with Gasteiger partial charge >= 0.3 is 0 Å². The van der Waals surface area contributed by atoms with Crippen molar-refractivity contribution in [3.63, 3.8) is 0 Å². The molecule has 4 aliphatic rings. The van der Waals surface area contributed by atoms with Gasteiger partial charge in [-0.2, -0.15) is 0 Å². The third kappa shape index (κ3) is 4.89. The number of carbonyl (C=O) groups is 2. The van der Waals surface area contributed by atoms with E-state index in [0.29, 0.717) is 23.9 Å². The molecule has 4 bridgehead atoms. The minimum absolute atomic E-state index is 0.116. The number of anilines is 1. The maximum Gasteiger partial charge on any atom is 0.262 e. The van der Waals surface area contributed by atoms with Gasteiger partial charge in [-0.1, -0.05) is 30.3 Å². The molecule has 1 N–H and O–H groups in total. The van der Waals surface area contributed by atoms with Crippen LogP contribution in [0.1, 0.15) is 51.0 Å². The van der Waals surface area contributed by atoms with Crippen LogP contribution in [0.3, 0.4) is 0 Å². The van der Waals surface area contributed by atoms with E-state index in [9.17, 15) is 9.59 Å². The Morgan fingerprint density at radius 2 is 1.62 bits per heavy atom. The highest BCUT2D eigenvalue weighted by molar-refractivity contribution is 5.98. The molecule has 0 unspecified atom stereocenters. The van der Waals surface area contributed by atoms with E-state index in [2.05, 4.69) is 5.32 Å². The first-order chi connectivity index (χ1) is 16.5. The van der Waals surface area contributed by atoms with Crippen molar-refractivity contribution < 1.29 is 19.1 Å². The molecule has 4 saturated carbocycles. The lowest BCUT2D eigenvalue weighted by Crippen LogP contribution is -2.49. The molecule has 178 valence electrons. The van der Waals surface area contributed by atoms with E-state index in [1.165, 1.54) is 19.3 Å².